The Hall–Kier alpha value is -2.87. The van der Waals surface area contributed by atoms with Crippen LogP contribution in [0.5, 0.6) is 0 Å². The largest absolute Gasteiger partial charge is 0.338 e. The maximum atomic E-state index is 12.9. The van der Waals surface area contributed by atoms with Crippen LogP contribution in [0.1, 0.15) is 41.3 Å². The molecule has 0 saturated carbocycles. The van der Waals surface area contributed by atoms with E-state index in [9.17, 15) is 18.0 Å². The molecule has 0 spiro atoms. The molecule has 1 saturated heterocycles. The van der Waals surface area contributed by atoms with Crippen molar-refractivity contribution >= 4 is 33.2 Å². The minimum Gasteiger partial charge on any atom is -0.338 e. The molecule has 3 rings (SSSR count). The van der Waals surface area contributed by atoms with Crippen LogP contribution in [0.25, 0.3) is 0 Å². The van der Waals surface area contributed by atoms with E-state index in [0.29, 0.717) is 30.0 Å². The van der Waals surface area contributed by atoms with Gasteiger partial charge in [0.25, 0.3) is 5.91 Å². The van der Waals surface area contributed by atoms with Crippen LogP contribution in [0, 0.1) is 19.8 Å². The quantitative estimate of drug-likeness (QED) is 0.714. The summed E-state index contributed by atoms with van der Waals surface area (Å²) in [6, 6.07) is 12.3. The fraction of sp³-hybridized carbons (Fsp3) is 0.391. The van der Waals surface area contributed by atoms with Crippen molar-refractivity contribution in [3.8, 4) is 0 Å². The fourth-order valence-corrected chi connectivity index (χ4v) is 4.41. The van der Waals surface area contributed by atoms with E-state index in [4.69, 9.17) is 0 Å². The SMILES string of the molecule is CCS(=O)(=O)Nc1ccc(NC(=O)C2CCCN(C(=O)c3cc(C)cc(C)c3)C2)cc1. The van der Waals surface area contributed by atoms with Crippen LogP contribution in [0.3, 0.4) is 0 Å². The molecule has 0 bridgehead atoms. The average molecular weight is 444 g/mol. The summed E-state index contributed by atoms with van der Waals surface area (Å²) in [6.07, 6.45) is 1.49. The van der Waals surface area contributed by atoms with Gasteiger partial charge in [-0.05, 0) is 70.0 Å². The van der Waals surface area contributed by atoms with Gasteiger partial charge in [0.15, 0.2) is 0 Å². The number of nitrogens with zero attached hydrogens (tertiary/aromatic N) is 1. The molecule has 1 aliphatic heterocycles. The molecule has 31 heavy (non-hydrogen) atoms. The maximum absolute atomic E-state index is 12.9. The molecule has 2 N–H and O–H groups in total. The highest BCUT2D eigenvalue weighted by atomic mass is 32.2. The van der Waals surface area contributed by atoms with Crippen molar-refractivity contribution in [2.45, 2.75) is 33.6 Å². The summed E-state index contributed by atoms with van der Waals surface area (Å²) in [5.41, 5.74) is 3.77. The lowest BCUT2D eigenvalue weighted by Gasteiger charge is -2.32. The summed E-state index contributed by atoms with van der Waals surface area (Å²) in [7, 11) is -3.34. The highest BCUT2D eigenvalue weighted by Gasteiger charge is 2.29. The van der Waals surface area contributed by atoms with Crippen molar-refractivity contribution in [1.29, 1.82) is 0 Å². The van der Waals surface area contributed by atoms with Gasteiger partial charge in [-0.15, -0.1) is 0 Å². The molecule has 7 nitrogen and oxygen atoms in total. The predicted molar refractivity (Wildman–Crippen MR) is 123 cm³/mol. The Labute approximate surface area is 183 Å². The van der Waals surface area contributed by atoms with E-state index in [2.05, 4.69) is 10.0 Å². The zero-order chi connectivity index (χ0) is 22.6. The Morgan fingerprint density at radius 2 is 1.65 bits per heavy atom. The molecule has 2 aromatic rings. The number of hydrogen-bond acceptors (Lipinski definition) is 4. The number of aryl methyl sites for hydroxylation is 2. The molecule has 0 aliphatic carbocycles. The third-order valence-electron chi connectivity index (χ3n) is 5.35. The van der Waals surface area contributed by atoms with Gasteiger partial charge < -0.3 is 10.2 Å². The summed E-state index contributed by atoms with van der Waals surface area (Å²) < 4.78 is 25.8. The summed E-state index contributed by atoms with van der Waals surface area (Å²) in [4.78, 5) is 27.5. The van der Waals surface area contributed by atoms with Gasteiger partial charge in [-0.1, -0.05) is 17.2 Å². The highest BCUT2D eigenvalue weighted by molar-refractivity contribution is 7.92. The Balaban J connectivity index is 1.62. The third kappa shape index (κ3) is 6.07. The van der Waals surface area contributed by atoms with Crippen LogP contribution in [0.2, 0.25) is 0 Å². The number of benzene rings is 2. The first kappa shape index (κ1) is 22.8. The molecule has 1 unspecified atom stereocenters. The Morgan fingerprint density at radius 3 is 2.26 bits per heavy atom. The van der Waals surface area contributed by atoms with Gasteiger partial charge in [-0.3, -0.25) is 14.3 Å². The predicted octanol–water partition coefficient (Wildman–Crippen LogP) is 3.56. The van der Waals surface area contributed by atoms with Crippen LogP contribution < -0.4 is 10.0 Å². The van der Waals surface area contributed by atoms with Crippen molar-refractivity contribution in [2.75, 3.05) is 28.9 Å². The zero-order valence-corrected chi connectivity index (χ0v) is 19.0. The van der Waals surface area contributed by atoms with Gasteiger partial charge in [0, 0.05) is 30.0 Å². The minimum atomic E-state index is -3.34. The van der Waals surface area contributed by atoms with Crippen LogP contribution in [0.4, 0.5) is 11.4 Å². The molecular weight excluding hydrogens is 414 g/mol. The number of carbonyl (C=O) groups excluding carboxylic acids is 2. The smallest absolute Gasteiger partial charge is 0.253 e. The van der Waals surface area contributed by atoms with Crippen molar-refractivity contribution in [3.05, 3.63) is 59.2 Å². The Bertz CT molecular complexity index is 1040. The van der Waals surface area contributed by atoms with E-state index >= 15 is 0 Å². The molecule has 166 valence electrons. The van der Waals surface area contributed by atoms with Crippen LogP contribution in [-0.4, -0.2) is 44.0 Å². The topological polar surface area (TPSA) is 95.6 Å². The van der Waals surface area contributed by atoms with Gasteiger partial charge in [-0.2, -0.15) is 0 Å². The molecule has 0 radical (unpaired) electrons. The molecule has 1 heterocycles. The van der Waals surface area contributed by atoms with Crippen LogP contribution >= 0.6 is 0 Å². The number of anilines is 2. The third-order valence-corrected chi connectivity index (χ3v) is 6.66. The van der Waals surface area contributed by atoms with E-state index in [-0.39, 0.29) is 23.5 Å². The molecule has 0 aromatic heterocycles. The molecule has 1 aliphatic rings. The number of amides is 2. The van der Waals surface area contributed by atoms with Crippen molar-refractivity contribution in [3.63, 3.8) is 0 Å². The summed E-state index contributed by atoms with van der Waals surface area (Å²) >= 11 is 0. The van der Waals surface area contributed by atoms with Crippen molar-refractivity contribution in [2.24, 2.45) is 5.92 Å². The van der Waals surface area contributed by atoms with Gasteiger partial charge in [-0.25, -0.2) is 8.42 Å². The van der Waals surface area contributed by atoms with Gasteiger partial charge >= 0.3 is 0 Å². The molecule has 8 heteroatoms. The van der Waals surface area contributed by atoms with E-state index < -0.39 is 10.0 Å². The van der Waals surface area contributed by atoms with Crippen LogP contribution in [0.15, 0.2) is 42.5 Å². The maximum Gasteiger partial charge on any atom is 0.253 e. The van der Waals surface area contributed by atoms with E-state index in [1.54, 1.807) is 36.1 Å². The average Bonchev–Trinajstić information content (AvgIpc) is 2.74. The fourth-order valence-electron chi connectivity index (χ4n) is 3.77. The Morgan fingerprint density at radius 1 is 1.03 bits per heavy atom. The molecule has 1 atom stereocenters. The number of hydrogen-bond donors (Lipinski definition) is 2. The van der Waals surface area contributed by atoms with Crippen molar-refractivity contribution in [1.82, 2.24) is 4.90 Å². The number of likely N-dealkylation sites (tertiary alicyclic amines) is 1. The number of sulfonamides is 1. The number of carbonyl (C=O) groups is 2. The first-order valence-electron chi connectivity index (χ1n) is 10.5. The summed E-state index contributed by atoms with van der Waals surface area (Å²) in [6.45, 7) is 6.52. The zero-order valence-electron chi connectivity index (χ0n) is 18.1. The lowest BCUT2D eigenvalue weighted by molar-refractivity contribution is -0.121. The summed E-state index contributed by atoms with van der Waals surface area (Å²) in [5.74, 6) is -0.483. The first-order chi connectivity index (χ1) is 14.7. The standard InChI is InChI=1S/C23H29N3O4S/c1-4-31(29,30)25-21-9-7-20(8-10-21)24-22(27)18-6-5-11-26(15-18)23(28)19-13-16(2)12-17(3)14-19/h7-10,12-14,18,25H,4-6,11,15H2,1-3H3,(H,24,27). The van der Waals surface area contributed by atoms with E-state index in [1.807, 2.05) is 32.0 Å². The minimum absolute atomic E-state index is 0.00942. The van der Waals surface area contributed by atoms with Crippen LogP contribution in [-0.2, 0) is 14.8 Å². The van der Waals surface area contributed by atoms with E-state index in [0.717, 1.165) is 24.0 Å². The normalized spacial score (nSPS) is 16.6. The Kier molecular flexibility index (Phi) is 7.00. The van der Waals surface area contributed by atoms with Gasteiger partial charge in [0.05, 0.1) is 11.7 Å². The molecule has 2 aromatic carbocycles. The molecular formula is C23H29N3O4S. The lowest BCUT2D eigenvalue weighted by atomic mass is 9.96. The molecule has 1 fully saturated rings. The van der Waals surface area contributed by atoms with Crippen molar-refractivity contribution < 1.29 is 18.0 Å². The van der Waals surface area contributed by atoms with E-state index in [1.165, 1.54) is 0 Å². The number of nitrogens with one attached hydrogen (secondary N) is 2. The van der Waals surface area contributed by atoms with Gasteiger partial charge in [0.1, 0.15) is 0 Å². The second kappa shape index (κ2) is 9.51. The lowest BCUT2D eigenvalue weighted by Crippen LogP contribution is -2.43. The first-order valence-corrected chi connectivity index (χ1v) is 12.1. The monoisotopic (exact) mass is 443 g/mol. The number of piperidine rings is 1. The molecule has 2 amide bonds. The van der Waals surface area contributed by atoms with Gasteiger partial charge in [0.2, 0.25) is 15.9 Å². The summed E-state index contributed by atoms with van der Waals surface area (Å²) in [5, 5.41) is 2.88. The number of rotatable bonds is 6. The highest BCUT2D eigenvalue weighted by Crippen LogP contribution is 2.22. The second-order valence-corrected chi connectivity index (χ2v) is 10.0. The second-order valence-electron chi connectivity index (χ2n) is 8.04.